The van der Waals surface area contributed by atoms with E-state index >= 15 is 0 Å². The van der Waals surface area contributed by atoms with Gasteiger partial charge < -0.3 is 9.47 Å². The molecule has 1 unspecified atom stereocenters. The predicted molar refractivity (Wildman–Crippen MR) is 85.8 cm³/mol. The van der Waals surface area contributed by atoms with Crippen LogP contribution in [0.5, 0.6) is 0 Å². The summed E-state index contributed by atoms with van der Waals surface area (Å²) >= 11 is 5.64. The molecule has 0 spiro atoms. The Morgan fingerprint density at radius 3 is 2.84 bits per heavy atom. The zero-order valence-corrected chi connectivity index (χ0v) is 14.8. The van der Waals surface area contributed by atoms with Crippen LogP contribution >= 0.6 is 11.6 Å². The van der Waals surface area contributed by atoms with Gasteiger partial charge in [-0.05, 0) is 31.9 Å². The first kappa shape index (κ1) is 19.6. The summed E-state index contributed by atoms with van der Waals surface area (Å²) in [5.74, 6) is -0.907. The van der Waals surface area contributed by atoms with Crippen LogP contribution in [0, 0.1) is 10.1 Å². The second-order valence-corrected chi connectivity index (χ2v) is 7.30. The van der Waals surface area contributed by atoms with Crippen molar-refractivity contribution in [3.05, 3.63) is 33.3 Å². The Kier molecular flexibility index (Phi) is 6.33. The van der Waals surface area contributed by atoms with Gasteiger partial charge in [-0.3, -0.25) is 14.3 Å². The van der Waals surface area contributed by atoms with Gasteiger partial charge in [0.25, 0.3) is 5.69 Å². The molecule has 1 heterocycles. The Morgan fingerprint density at radius 2 is 2.24 bits per heavy atom. The molecule has 2 atom stereocenters. The summed E-state index contributed by atoms with van der Waals surface area (Å²) in [7, 11) is -4.57. The van der Waals surface area contributed by atoms with Crippen LogP contribution in [0.4, 0.5) is 5.69 Å². The lowest BCUT2D eigenvalue weighted by atomic mass is 10.2. The van der Waals surface area contributed by atoms with E-state index in [4.69, 9.17) is 25.3 Å². The number of halogens is 1. The van der Waals surface area contributed by atoms with Gasteiger partial charge in [0.15, 0.2) is 11.0 Å². The van der Waals surface area contributed by atoms with Crippen molar-refractivity contribution >= 4 is 33.4 Å². The van der Waals surface area contributed by atoms with E-state index in [-0.39, 0.29) is 17.7 Å². The number of nitro groups is 1. The van der Waals surface area contributed by atoms with E-state index in [0.717, 1.165) is 25.0 Å². The van der Waals surface area contributed by atoms with Gasteiger partial charge in [0.1, 0.15) is 6.61 Å². The van der Waals surface area contributed by atoms with Crippen molar-refractivity contribution in [1.29, 1.82) is 0 Å². The number of hydrogen-bond donors (Lipinski definition) is 0. The first-order valence-electron chi connectivity index (χ1n) is 7.36. The number of rotatable bonds is 7. The highest BCUT2D eigenvalue weighted by atomic mass is 35.5. The standard InChI is InChI=1S/C14H16ClNO8S/c1-9(14(17)23-8-11-3-2-6-22-11)24-25(20,21)13-5-4-10(15)7-12(13)16(18)19/h4-5,7,9,11H,2-3,6,8H2,1H3/t9-,11?/m0/s1. The molecule has 9 nitrogen and oxygen atoms in total. The number of carbonyl (C=O) groups is 1. The summed E-state index contributed by atoms with van der Waals surface area (Å²) in [4.78, 5) is 21.3. The topological polar surface area (TPSA) is 122 Å². The smallest absolute Gasteiger partial charge is 0.336 e. The van der Waals surface area contributed by atoms with Gasteiger partial charge in [0, 0.05) is 17.7 Å². The lowest BCUT2D eigenvalue weighted by Crippen LogP contribution is -2.29. The highest BCUT2D eigenvalue weighted by Gasteiger charge is 2.31. The number of nitrogens with zero attached hydrogens (tertiary/aromatic N) is 1. The normalized spacial score (nSPS) is 18.7. The maximum absolute atomic E-state index is 12.2. The van der Waals surface area contributed by atoms with Crippen LogP contribution in [0.3, 0.4) is 0 Å². The van der Waals surface area contributed by atoms with Crippen molar-refractivity contribution in [1.82, 2.24) is 0 Å². The number of esters is 1. The highest BCUT2D eigenvalue weighted by molar-refractivity contribution is 7.87. The molecule has 138 valence electrons. The average Bonchev–Trinajstić information content (AvgIpc) is 3.05. The third-order valence-corrected chi connectivity index (χ3v) is 5.09. The van der Waals surface area contributed by atoms with Gasteiger partial charge in [0.2, 0.25) is 0 Å². The number of hydrogen-bond acceptors (Lipinski definition) is 8. The van der Waals surface area contributed by atoms with Crippen LogP contribution in [0.25, 0.3) is 0 Å². The molecule has 1 fully saturated rings. The number of carbonyl (C=O) groups excluding carboxylic acids is 1. The first-order valence-corrected chi connectivity index (χ1v) is 9.15. The fourth-order valence-corrected chi connectivity index (χ4v) is 3.55. The quantitative estimate of drug-likeness (QED) is 0.298. The van der Waals surface area contributed by atoms with Gasteiger partial charge in [-0.15, -0.1) is 0 Å². The van der Waals surface area contributed by atoms with Gasteiger partial charge in [-0.1, -0.05) is 11.6 Å². The SMILES string of the molecule is C[C@H](OS(=O)(=O)c1ccc(Cl)cc1[N+](=O)[O-])C(=O)OCC1CCCO1. The van der Waals surface area contributed by atoms with Gasteiger partial charge in [-0.25, -0.2) is 4.79 Å². The van der Waals surface area contributed by atoms with E-state index in [0.29, 0.717) is 6.61 Å². The first-order chi connectivity index (χ1) is 11.7. The van der Waals surface area contributed by atoms with Crippen LogP contribution in [-0.2, 0) is 28.6 Å². The Labute approximate surface area is 149 Å². The van der Waals surface area contributed by atoms with Crippen molar-refractivity contribution in [2.75, 3.05) is 13.2 Å². The summed E-state index contributed by atoms with van der Waals surface area (Å²) in [5, 5.41) is 11.0. The van der Waals surface area contributed by atoms with E-state index in [1.54, 1.807) is 0 Å². The fraction of sp³-hybridized carbons (Fsp3) is 0.500. The number of benzene rings is 1. The minimum absolute atomic E-state index is 0.00493. The molecular formula is C14H16ClNO8S. The number of ether oxygens (including phenoxy) is 2. The monoisotopic (exact) mass is 393 g/mol. The second kappa shape index (κ2) is 8.09. The molecule has 0 N–H and O–H groups in total. The molecule has 0 bridgehead atoms. The lowest BCUT2D eigenvalue weighted by molar-refractivity contribution is -0.387. The van der Waals surface area contributed by atoms with E-state index in [9.17, 15) is 23.3 Å². The van der Waals surface area contributed by atoms with Crippen molar-refractivity contribution in [2.24, 2.45) is 0 Å². The summed E-state index contributed by atoms with van der Waals surface area (Å²) in [5.41, 5.74) is -0.743. The minimum Gasteiger partial charge on any atom is -0.461 e. The highest BCUT2D eigenvalue weighted by Crippen LogP contribution is 2.29. The van der Waals surface area contributed by atoms with Crippen LogP contribution in [0.15, 0.2) is 23.1 Å². The van der Waals surface area contributed by atoms with Crippen LogP contribution in [0.2, 0.25) is 5.02 Å². The van der Waals surface area contributed by atoms with Crippen LogP contribution in [-0.4, -0.2) is 44.7 Å². The molecule has 1 aliphatic rings. The van der Waals surface area contributed by atoms with Crippen molar-refractivity contribution in [3.8, 4) is 0 Å². The molecule has 1 aromatic carbocycles. The molecule has 1 aliphatic heterocycles. The maximum atomic E-state index is 12.2. The van der Waals surface area contributed by atoms with Gasteiger partial charge >= 0.3 is 16.1 Å². The molecule has 1 saturated heterocycles. The third-order valence-electron chi connectivity index (χ3n) is 3.43. The Hall–Kier alpha value is -1.75. The Morgan fingerprint density at radius 1 is 1.52 bits per heavy atom. The minimum atomic E-state index is -4.57. The zero-order chi connectivity index (χ0) is 18.6. The fourth-order valence-electron chi connectivity index (χ4n) is 2.19. The Bertz CT molecular complexity index is 760. The van der Waals surface area contributed by atoms with Gasteiger partial charge in [-0.2, -0.15) is 8.42 Å². The van der Waals surface area contributed by atoms with Crippen LogP contribution < -0.4 is 0 Å². The van der Waals surface area contributed by atoms with E-state index < -0.39 is 37.7 Å². The molecule has 25 heavy (non-hydrogen) atoms. The molecule has 0 amide bonds. The van der Waals surface area contributed by atoms with E-state index in [1.807, 2.05) is 0 Å². The Balaban J connectivity index is 2.07. The molecule has 2 rings (SSSR count). The maximum Gasteiger partial charge on any atom is 0.336 e. The molecule has 0 saturated carbocycles. The predicted octanol–water partition coefficient (Wildman–Crippen LogP) is 2.06. The van der Waals surface area contributed by atoms with E-state index in [1.165, 1.54) is 13.0 Å². The molecule has 11 heteroatoms. The van der Waals surface area contributed by atoms with Gasteiger partial charge in [0.05, 0.1) is 11.0 Å². The summed E-state index contributed by atoms with van der Waals surface area (Å²) in [6.45, 7) is 1.76. The molecule has 0 aromatic heterocycles. The third kappa shape index (κ3) is 5.11. The average molecular weight is 394 g/mol. The van der Waals surface area contributed by atoms with Crippen molar-refractivity contribution in [3.63, 3.8) is 0 Å². The van der Waals surface area contributed by atoms with E-state index in [2.05, 4.69) is 0 Å². The zero-order valence-electron chi connectivity index (χ0n) is 13.2. The summed E-state index contributed by atoms with van der Waals surface area (Å²) in [6, 6.07) is 3.00. The molecular weight excluding hydrogens is 378 g/mol. The van der Waals surface area contributed by atoms with Crippen molar-refractivity contribution in [2.45, 2.75) is 36.9 Å². The molecule has 1 aromatic rings. The lowest BCUT2D eigenvalue weighted by Gasteiger charge is -2.15. The molecule has 0 radical (unpaired) electrons. The molecule has 0 aliphatic carbocycles. The van der Waals surface area contributed by atoms with Crippen molar-refractivity contribution < 1.29 is 31.8 Å². The second-order valence-electron chi connectivity index (χ2n) is 5.33. The summed E-state index contributed by atoms with van der Waals surface area (Å²) in [6.07, 6.45) is -0.0764. The van der Waals surface area contributed by atoms with Crippen LogP contribution in [0.1, 0.15) is 19.8 Å². The summed E-state index contributed by atoms with van der Waals surface area (Å²) < 4.78 is 39.5. The largest absolute Gasteiger partial charge is 0.461 e. The number of nitro benzene ring substituents is 1.